The summed E-state index contributed by atoms with van der Waals surface area (Å²) in [7, 11) is 2.98. The number of para-hydroxylation sites is 1. The summed E-state index contributed by atoms with van der Waals surface area (Å²) in [5.41, 5.74) is 11.5. The maximum atomic E-state index is 15.2. The predicted octanol–water partition coefficient (Wildman–Crippen LogP) is 7.24. The second-order valence-corrected chi connectivity index (χ2v) is 28.6. The molecule has 514 valence electrons. The molecule has 1 saturated heterocycles. The van der Waals surface area contributed by atoms with Crippen LogP contribution in [0.2, 0.25) is 0 Å². The Hall–Kier alpha value is -9.43. The topological polar surface area (TPSA) is 344 Å². The van der Waals surface area contributed by atoms with Crippen molar-refractivity contribution in [1.29, 1.82) is 0 Å². The number of nitrogens with zero attached hydrogens (tertiary/aromatic N) is 5. The monoisotopic (exact) mass is 1340 g/mol. The highest BCUT2D eigenvalue weighted by Gasteiger charge is 2.76. The quantitative estimate of drug-likeness (QED) is 0.0359. The number of carboxylic acids is 1. The number of anilines is 2. The van der Waals surface area contributed by atoms with Crippen molar-refractivity contribution in [3.05, 3.63) is 143 Å². The van der Waals surface area contributed by atoms with Gasteiger partial charge in [0.15, 0.2) is 24.3 Å². The molecule has 25 heteroatoms. The maximum Gasteiger partial charge on any atom is 0.409 e. The van der Waals surface area contributed by atoms with E-state index in [2.05, 4.69) is 50.4 Å². The Kier molecular flexibility index (Phi) is 18.1. The summed E-state index contributed by atoms with van der Waals surface area (Å²) in [6.45, 7) is 2.94. The van der Waals surface area contributed by atoms with Crippen LogP contribution in [-0.4, -0.2) is 159 Å². The van der Waals surface area contributed by atoms with Crippen molar-refractivity contribution in [3.63, 3.8) is 0 Å². The second kappa shape index (κ2) is 26.4. The number of rotatable bonds is 22. The number of fused-ring (bicyclic) bond motifs is 12. The molecule has 5 aromatic rings. The lowest BCUT2D eigenvalue weighted by Crippen LogP contribution is -2.72. The van der Waals surface area contributed by atoms with Crippen LogP contribution in [0.5, 0.6) is 0 Å². The SMILES string of the molecule is CN(CCN(C)C(=O)OCc1ccc(NC(=O)[C@H](CCC(=O)O)NC(=O)CNC(=O)CCC(=O)N2Cc3ccccc3-c3n[nH]nc3-c3ccccc32)cc1)C(=O)OCC(=O)[C@@]12O[C@H](c3ccc(CC45CC(N)(C4)C5)cc3)O[C@@H]1C[C@H]1[C@@H]3CCC4=CC(=O)C=C[C@]4(C)[C@H]3[C@@H](O)C[C@@]12C. The van der Waals surface area contributed by atoms with Crippen LogP contribution in [-0.2, 0) is 72.1 Å². The summed E-state index contributed by atoms with van der Waals surface area (Å²) in [4.78, 5) is 124. The van der Waals surface area contributed by atoms with Crippen molar-refractivity contribution < 1.29 is 72.3 Å². The number of Topliss-reactive ketones (excluding diaryl/α,β-unsaturated/α-hetero) is 1. The fraction of sp³-hybridized carbons (Fsp3) is 0.466. The van der Waals surface area contributed by atoms with E-state index in [1.807, 2.05) is 61.5 Å². The van der Waals surface area contributed by atoms with Crippen LogP contribution in [0.3, 0.4) is 0 Å². The van der Waals surface area contributed by atoms with E-state index in [0.29, 0.717) is 47.5 Å². The maximum absolute atomic E-state index is 15.2. The van der Waals surface area contributed by atoms with E-state index in [-0.39, 0.29) is 98.0 Å². The fourth-order valence-corrected chi connectivity index (χ4v) is 17.5. The number of aliphatic hydroxyl groups is 1. The number of aromatic nitrogens is 3. The Bertz CT molecular complexity index is 4060. The van der Waals surface area contributed by atoms with Gasteiger partial charge in [0.2, 0.25) is 29.4 Å². The third-order valence-electron chi connectivity index (χ3n) is 22.2. The first kappa shape index (κ1) is 67.2. The molecule has 4 aromatic carbocycles. The van der Waals surface area contributed by atoms with Crippen molar-refractivity contribution in [3.8, 4) is 22.5 Å². The van der Waals surface area contributed by atoms with Gasteiger partial charge in [-0.3, -0.25) is 33.6 Å². The van der Waals surface area contributed by atoms with Crippen molar-refractivity contribution in [2.45, 2.75) is 140 Å². The van der Waals surface area contributed by atoms with E-state index in [0.717, 1.165) is 47.9 Å². The van der Waals surface area contributed by atoms with Crippen LogP contribution in [0.25, 0.3) is 22.5 Å². The number of aromatic amines is 1. The molecule has 10 atom stereocenters. The van der Waals surface area contributed by atoms with E-state index in [1.54, 1.807) is 41.3 Å². The molecule has 2 bridgehead atoms. The van der Waals surface area contributed by atoms with E-state index in [9.17, 15) is 48.6 Å². The van der Waals surface area contributed by atoms with Crippen molar-refractivity contribution >= 4 is 64.7 Å². The van der Waals surface area contributed by atoms with Crippen LogP contribution in [0, 0.1) is 34.0 Å². The number of carboxylic acid groups (broad SMARTS) is 1. The van der Waals surface area contributed by atoms with Gasteiger partial charge in [0.25, 0.3) is 0 Å². The summed E-state index contributed by atoms with van der Waals surface area (Å²) in [6, 6.07) is 27.9. The first-order valence-corrected chi connectivity index (χ1v) is 33.6. The van der Waals surface area contributed by atoms with Crippen molar-refractivity contribution in [2.24, 2.45) is 39.7 Å². The molecule has 7 aliphatic carbocycles. The average Bonchev–Trinajstić information content (AvgIpc) is 1.58. The molecule has 2 aliphatic heterocycles. The van der Waals surface area contributed by atoms with Gasteiger partial charge in [-0.15, -0.1) is 0 Å². The van der Waals surface area contributed by atoms with Crippen molar-refractivity contribution in [1.82, 2.24) is 35.8 Å². The van der Waals surface area contributed by atoms with Crippen molar-refractivity contribution in [2.75, 3.05) is 50.6 Å². The number of hydrogen-bond acceptors (Lipinski definition) is 17. The summed E-state index contributed by atoms with van der Waals surface area (Å²) in [5.74, 6) is -4.54. The Balaban J connectivity index is 0.570. The number of benzene rings is 4. The van der Waals surface area contributed by atoms with Gasteiger partial charge < -0.3 is 65.5 Å². The highest BCUT2D eigenvalue weighted by molar-refractivity contribution is 6.03. The highest BCUT2D eigenvalue weighted by Crippen LogP contribution is 2.71. The number of likely N-dealkylation sites (N-methyl/N-ethyl adjacent to an activating group) is 2. The number of hydrogen-bond donors (Lipinski definition) is 7. The van der Waals surface area contributed by atoms with Crippen LogP contribution in [0.1, 0.15) is 113 Å². The Morgan fingerprint density at radius 1 is 0.827 bits per heavy atom. The zero-order chi connectivity index (χ0) is 69.1. The molecular formula is C73H82N10O15. The normalized spacial score (nSPS) is 28.2. The van der Waals surface area contributed by atoms with E-state index in [4.69, 9.17) is 24.7 Å². The molecule has 9 aliphatic rings. The Morgan fingerprint density at radius 3 is 2.21 bits per heavy atom. The van der Waals surface area contributed by atoms with Crippen LogP contribution in [0.15, 0.2) is 121 Å². The lowest BCUT2D eigenvalue weighted by molar-refractivity contribution is -0.201. The predicted molar refractivity (Wildman–Crippen MR) is 355 cm³/mol. The van der Waals surface area contributed by atoms with E-state index < -0.39 is 102 Å². The highest BCUT2D eigenvalue weighted by atomic mass is 16.7. The third-order valence-corrected chi connectivity index (χ3v) is 22.2. The largest absolute Gasteiger partial charge is 0.481 e. The molecule has 0 unspecified atom stereocenters. The van der Waals surface area contributed by atoms with Gasteiger partial charge in [-0.05, 0) is 122 Å². The molecule has 6 saturated carbocycles. The van der Waals surface area contributed by atoms with Crippen LogP contribution < -0.4 is 26.6 Å². The third kappa shape index (κ3) is 12.7. The number of carbonyl (C=O) groups excluding carboxylic acids is 8. The molecule has 14 rings (SSSR count). The van der Waals surface area contributed by atoms with Gasteiger partial charge in [0.1, 0.15) is 24.0 Å². The Morgan fingerprint density at radius 2 is 1.50 bits per heavy atom. The molecule has 3 heterocycles. The standard InChI is InChI=1S/C73H82N10O15/c1-69-28-27-48(84)31-46(69)19-22-50-52-32-57-73(70(52,2)34-55(85)62(50)69,98-66(97-57)44-17-13-42(14-18-44)33-71-39-72(74,40-71)41-71)56(86)38-96-68(94)82(4)30-29-81(3)67(93)95-37-43-15-20-47(21-16-43)76-65(92)53(23-26-61(90)91)77-59(88)35-75-58(87)24-25-60(89)83-36-45-9-5-6-10-49(45)63-64(79-80-78-63)51-11-7-8-12-54(51)83/h5-18,20-21,27-28,31,50,52-53,55,57,62,66,85H,19,22-26,29-30,32-41,74H2,1-4H3,(H,75,87)(H,76,92)(H,77,88)(H,90,91)(H,78,79,80)/t50-,52-,53-,55-,57+,62+,66+,69-,70-,71?,72?,73+/m0/s1. The number of aliphatic hydroxyl groups excluding tert-OH is 1. The minimum absolute atomic E-state index is 0.000215. The van der Waals surface area contributed by atoms with Gasteiger partial charge in [-0.25, -0.2) is 9.59 Å². The number of allylic oxidation sites excluding steroid dienone is 4. The number of aliphatic carboxylic acids is 1. The summed E-state index contributed by atoms with van der Waals surface area (Å²) in [5, 5.41) is 40.9. The van der Waals surface area contributed by atoms with E-state index >= 15 is 4.79 Å². The average molecular weight is 1340 g/mol. The minimum atomic E-state index is -1.59. The molecular weight excluding hydrogens is 1260 g/mol. The number of amides is 6. The molecule has 6 amide bonds. The van der Waals surface area contributed by atoms with E-state index in [1.165, 1.54) is 41.6 Å². The molecule has 1 aromatic heterocycles. The fourth-order valence-electron chi connectivity index (χ4n) is 17.5. The molecule has 0 spiro atoms. The number of carbonyl (C=O) groups is 9. The summed E-state index contributed by atoms with van der Waals surface area (Å²) >= 11 is 0. The number of ether oxygens (including phenoxy) is 4. The van der Waals surface area contributed by atoms with Gasteiger partial charge >= 0.3 is 18.2 Å². The number of nitrogens with two attached hydrogens (primary N) is 1. The zero-order valence-corrected chi connectivity index (χ0v) is 55.3. The first-order valence-electron chi connectivity index (χ1n) is 33.6. The second-order valence-electron chi connectivity index (χ2n) is 28.6. The zero-order valence-electron chi connectivity index (χ0n) is 55.3. The first-order chi connectivity index (χ1) is 46.9. The Labute approximate surface area is 566 Å². The number of nitrogens with one attached hydrogen (secondary N) is 4. The lowest BCUT2D eigenvalue weighted by Gasteiger charge is -2.69. The minimum Gasteiger partial charge on any atom is -0.481 e. The van der Waals surface area contributed by atoms with Gasteiger partial charge in [-0.2, -0.15) is 15.4 Å². The van der Waals surface area contributed by atoms with Gasteiger partial charge in [0, 0.05) is 91.1 Å². The number of H-pyrrole nitrogens is 1. The van der Waals surface area contributed by atoms with Crippen LogP contribution in [0.4, 0.5) is 21.0 Å². The molecule has 25 nitrogen and oxygen atoms in total. The lowest BCUT2D eigenvalue weighted by atomic mass is 9.38. The number of ketones is 2. The van der Waals surface area contributed by atoms with Gasteiger partial charge in [0.05, 0.1) is 31.0 Å². The summed E-state index contributed by atoms with van der Waals surface area (Å²) < 4.78 is 25.2. The molecule has 8 N–H and O–H groups in total. The summed E-state index contributed by atoms with van der Waals surface area (Å²) in [6.07, 6.45) is 6.16. The smallest absolute Gasteiger partial charge is 0.409 e. The molecule has 0 radical (unpaired) electrons. The molecule has 7 fully saturated rings. The van der Waals surface area contributed by atoms with Gasteiger partial charge in [-0.1, -0.05) is 104 Å². The molecule has 98 heavy (non-hydrogen) atoms. The van der Waals surface area contributed by atoms with Crippen LogP contribution >= 0.6 is 0 Å².